The monoisotopic (exact) mass is 588 g/mol. The molecule has 0 aliphatic carbocycles. The van der Waals surface area contributed by atoms with Gasteiger partial charge in [-0.05, 0) is 52.3 Å². The molecule has 1 aliphatic rings. The number of benzene rings is 1. The second-order valence-corrected chi connectivity index (χ2v) is 10.3. The van der Waals surface area contributed by atoms with Gasteiger partial charge < -0.3 is 15.2 Å². The molecule has 0 spiro atoms. The Morgan fingerprint density at radius 1 is 1.35 bits per heavy atom. The second-order valence-electron chi connectivity index (χ2n) is 8.94. The summed E-state index contributed by atoms with van der Waals surface area (Å²) >= 11 is 6.93. The fourth-order valence-corrected chi connectivity index (χ4v) is 5.25. The van der Waals surface area contributed by atoms with Gasteiger partial charge in [-0.3, -0.25) is 4.84 Å². The summed E-state index contributed by atoms with van der Waals surface area (Å²) in [6.07, 6.45) is 5.14. The summed E-state index contributed by atoms with van der Waals surface area (Å²) in [4.78, 5) is 22.7. The molecule has 0 saturated heterocycles. The third-order valence-corrected chi connectivity index (χ3v) is 7.49. The van der Waals surface area contributed by atoms with Gasteiger partial charge in [0.05, 0.1) is 16.8 Å². The van der Waals surface area contributed by atoms with Crippen molar-refractivity contribution in [2.45, 2.75) is 18.4 Å². The van der Waals surface area contributed by atoms with Gasteiger partial charge >= 0.3 is 5.97 Å². The quantitative estimate of drug-likeness (QED) is 0.287. The highest BCUT2D eigenvalue weighted by Crippen LogP contribution is 2.35. The fourth-order valence-electron chi connectivity index (χ4n) is 4.31. The van der Waals surface area contributed by atoms with E-state index in [1.165, 1.54) is 28.2 Å². The van der Waals surface area contributed by atoms with Gasteiger partial charge in [0.15, 0.2) is 11.4 Å². The molecule has 15 heteroatoms. The number of hydroxylamine groups is 1. The zero-order valence-electron chi connectivity index (χ0n) is 20.8. The zero-order valence-corrected chi connectivity index (χ0v) is 22.4. The van der Waals surface area contributed by atoms with Crippen LogP contribution < -0.4 is 0 Å². The predicted octanol–water partition coefficient (Wildman–Crippen LogP) is 4.01. The molecular formula is C25H21ClF2N7O4S+. The first-order valence-electron chi connectivity index (χ1n) is 11.7. The number of aromatic nitrogens is 6. The van der Waals surface area contributed by atoms with Crippen LogP contribution in [0.25, 0.3) is 22.5 Å². The summed E-state index contributed by atoms with van der Waals surface area (Å²) in [6.45, 7) is 3.89. The van der Waals surface area contributed by atoms with E-state index >= 15 is 0 Å². The number of aromatic carboxylic acids is 1. The van der Waals surface area contributed by atoms with E-state index in [0.717, 1.165) is 0 Å². The molecule has 4 aromatic rings. The van der Waals surface area contributed by atoms with Crippen LogP contribution in [0.4, 0.5) is 8.78 Å². The second kappa shape index (κ2) is 10.7. The Labute approximate surface area is 234 Å². The molecule has 1 unspecified atom stereocenters. The maximum Gasteiger partial charge on any atom is 0.348 e. The number of carboxylic acids is 1. The number of nitrogens with one attached hydrogen (secondary N) is 1. The number of aromatic amines is 1. The number of hydrogen-bond donors (Lipinski definition) is 3. The first-order chi connectivity index (χ1) is 19.1. The van der Waals surface area contributed by atoms with Gasteiger partial charge in [-0.25, -0.2) is 14.2 Å². The minimum atomic E-state index is -1.81. The third-order valence-electron chi connectivity index (χ3n) is 6.31. The molecule has 0 bridgehead atoms. The lowest BCUT2D eigenvalue weighted by Crippen LogP contribution is -2.38. The van der Waals surface area contributed by atoms with Crippen molar-refractivity contribution in [2.75, 3.05) is 13.7 Å². The van der Waals surface area contributed by atoms with E-state index in [1.807, 2.05) is 0 Å². The highest BCUT2D eigenvalue weighted by molar-refractivity contribution is 7.12. The molecule has 1 aliphatic heterocycles. The Kier molecular flexibility index (Phi) is 7.31. The van der Waals surface area contributed by atoms with Crippen LogP contribution in [0.2, 0.25) is 5.02 Å². The number of tetrazole rings is 1. The predicted molar refractivity (Wildman–Crippen MR) is 141 cm³/mol. The van der Waals surface area contributed by atoms with E-state index in [-0.39, 0.29) is 36.5 Å². The Bertz CT molecular complexity index is 1680. The average Bonchev–Trinajstić information content (AvgIpc) is 3.67. The summed E-state index contributed by atoms with van der Waals surface area (Å²) in [5, 5.41) is 33.9. The van der Waals surface area contributed by atoms with E-state index in [2.05, 4.69) is 32.1 Å². The number of carbonyl (C=O) groups is 1. The number of thiophene rings is 1. The van der Waals surface area contributed by atoms with Gasteiger partial charge in [-0.1, -0.05) is 23.8 Å². The molecular weight excluding hydrogens is 568 g/mol. The van der Waals surface area contributed by atoms with Crippen LogP contribution in [0.5, 0.6) is 0 Å². The van der Waals surface area contributed by atoms with Crippen molar-refractivity contribution in [1.82, 2.24) is 30.2 Å². The Morgan fingerprint density at radius 2 is 2.15 bits per heavy atom. The first-order valence-corrected chi connectivity index (χ1v) is 12.9. The Hall–Kier alpha value is -4.27. The molecule has 0 amide bonds. The number of β-amino-alcohol motifs (C(OH)–C–C–N with tert-alkyl or cyclic N) is 1. The minimum absolute atomic E-state index is 0.0393. The van der Waals surface area contributed by atoms with Crippen LogP contribution in [0.3, 0.4) is 0 Å². The lowest BCUT2D eigenvalue weighted by Gasteiger charge is -2.22. The van der Waals surface area contributed by atoms with Crippen molar-refractivity contribution < 1.29 is 33.4 Å². The van der Waals surface area contributed by atoms with Gasteiger partial charge in [0.1, 0.15) is 29.8 Å². The topological polar surface area (TPSA) is 142 Å². The molecule has 4 heterocycles. The van der Waals surface area contributed by atoms with Gasteiger partial charge in [0, 0.05) is 16.0 Å². The van der Waals surface area contributed by atoms with E-state index in [9.17, 15) is 18.7 Å². The molecule has 3 N–H and O–H groups in total. The molecule has 0 radical (unpaired) electrons. The normalized spacial score (nSPS) is 20.6. The number of rotatable bonds is 6. The van der Waals surface area contributed by atoms with Crippen molar-refractivity contribution in [2.24, 2.45) is 0 Å². The number of halogens is 3. The number of imidazole rings is 1. The smallest absolute Gasteiger partial charge is 0.348 e. The maximum atomic E-state index is 15.0. The SMILES string of the molecule is C=C1/C=C(c2cc(Cl)ccc2-n2cnnn2)\C=[N+](\OC)CC(O)(c2nc(F)c(-c3csc(C(=O)O)c3F)[nH]2)CC1. The molecule has 5 rings (SSSR count). The van der Waals surface area contributed by atoms with Crippen molar-refractivity contribution in [3.63, 3.8) is 0 Å². The zero-order chi connectivity index (χ0) is 28.6. The third kappa shape index (κ3) is 5.15. The summed E-state index contributed by atoms with van der Waals surface area (Å²) in [5.74, 6) is -3.85. The fraction of sp³-hybridized carbons (Fsp3) is 0.200. The number of aliphatic hydroxyl groups is 1. The van der Waals surface area contributed by atoms with E-state index in [1.54, 1.807) is 30.5 Å². The van der Waals surface area contributed by atoms with Crippen LogP contribution >= 0.6 is 22.9 Å². The van der Waals surface area contributed by atoms with Crippen molar-refractivity contribution in [3.8, 4) is 16.9 Å². The Balaban J connectivity index is 1.56. The first kappa shape index (κ1) is 27.3. The molecule has 1 atom stereocenters. The summed E-state index contributed by atoms with van der Waals surface area (Å²) in [5.41, 5.74) is -0.00423. The maximum absolute atomic E-state index is 15.0. The van der Waals surface area contributed by atoms with Gasteiger partial charge in [-0.15, -0.1) is 16.4 Å². The van der Waals surface area contributed by atoms with Crippen LogP contribution in [0.1, 0.15) is 33.9 Å². The summed E-state index contributed by atoms with van der Waals surface area (Å²) in [6, 6.07) is 5.16. The number of carboxylic acid groups (broad SMARTS) is 1. The number of H-pyrrole nitrogens is 1. The standard InChI is InChI=1S/C25H20ClF2N7O4S/c1-13-5-6-25(38,24-30-20(22(28)31-24)17-10-40-21(19(17)27)23(36)37)11-34(39-2)9-14(7-13)16-8-15(26)3-4-18(16)35-12-29-32-33-35/h3-4,7-10,12,38H,1,5-6,11H2,2H3,(H-,30,31,36,37)/p+1/b14-7+,34-9+. The van der Waals surface area contributed by atoms with Gasteiger partial charge in [0.25, 0.3) is 0 Å². The number of allylic oxidation sites excluding steroid dienone is 3. The molecule has 0 fully saturated rings. The molecule has 206 valence electrons. The van der Waals surface area contributed by atoms with Crippen molar-refractivity contribution >= 4 is 40.7 Å². The minimum Gasteiger partial charge on any atom is -0.477 e. The Morgan fingerprint density at radius 3 is 2.83 bits per heavy atom. The van der Waals surface area contributed by atoms with Crippen LogP contribution in [0, 0.1) is 11.8 Å². The van der Waals surface area contributed by atoms with E-state index < -0.39 is 28.2 Å². The molecule has 3 aromatic heterocycles. The number of nitrogens with zero attached hydrogens (tertiary/aromatic N) is 6. The van der Waals surface area contributed by atoms with E-state index in [4.69, 9.17) is 21.5 Å². The number of hydrogen-bond acceptors (Lipinski definition) is 8. The van der Waals surface area contributed by atoms with Gasteiger partial charge in [0.2, 0.25) is 18.7 Å². The van der Waals surface area contributed by atoms with Crippen LogP contribution in [-0.4, -0.2) is 71.0 Å². The summed E-state index contributed by atoms with van der Waals surface area (Å²) < 4.78 is 32.4. The highest BCUT2D eigenvalue weighted by atomic mass is 35.5. The summed E-state index contributed by atoms with van der Waals surface area (Å²) in [7, 11) is 1.39. The largest absolute Gasteiger partial charge is 0.477 e. The lowest BCUT2D eigenvalue weighted by atomic mass is 9.93. The van der Waals surface area contributed by atoms with Crippen molar-refractivity contribution in [1.29, 1.82) is 0 Å². The average molecular weight is 589 g/mol. The lowest BCUT2D eigenvalue weighted by molar-refractivity contribution is -0.784. The van der Waals surface area contributed by atoms with Crippen LogP contribution in [0.15, 0.2) is 48.1 Å². The van der Waals surface area contributed by atoms with Gasteiger partial charge in [-0.2, -0.15) is 9.07 Å². The highest BCUT2D eigenvalue weighted by Gasteiger charge is 2.41. The molecule has 1 aromatic carbocycles. The molecule has 40 heavy (non-hydrogen) atoms. The van der Waals surface area contributed by atoms with Crippen LogP contribution in [-0.2, 0) is 10.4 Å². The molecule has 11 nitrogen and oxygen atoms in total. The van der Waals surface area contributed by atoms with Crippen molar-refractivity contribution in [3.05, 3.63) is 81.2 Å². The molecule has 0 saturated carbocycles. The van der Waals surface area contributed by atoms with E-state index in [0.29, 0.717) is 38.8 Å².